The molecule has 0 unspecified atom stereocenters. The number of thiophene rings is 1. The Balaban J connectivity index is 1.63. The van der Waals surface area contributed by atoms with Crippen LogP contribution in [0.2, 0.25) is 0 Å². The van der Waals surface area contributed by atoms with E-state index in [4.69, 9.17) is 9.47 Å². The Kier molecular flexibility index (Phi) is 4.54. The van der Waals surface area contributed by atoms with Crippen molar-refractivity contribution in [2.24, 2.45) is 0 Å². The second-order valence-electron chi connectivity index (χ2n) is 4.85. The maximum Gasteiger partial charge on any atom is 0.321 e. The summed E-state index contributed by atoms with van der Waals surface area (Å²) in [6.07, 6.45) is 0. The maximum atomic E-state index is 12.2. The summed E-state index contributed by atoms with van der Waals surface area (Å²) in [5.74, 6) is 1.37. The molecular weight excluding hydrogens is 368 g/mol. The van der Waals surface area contributed by atoms with E-state index in [-0.39, 0.29) is 6.03 Å². The highest BCUT2D eigenvalue weighted by molar-refractivity contribution is 9.11. The number of urea groups is 1. The predicted octanol–water partition coefficient (Wildman–Crippen LogP) is 3.95. The van der Waals surface area contributed by atoms with Gasteiger partial charge in [0.15, 0.2) is 11.5 Å². The number of rotatable bonds is 3. The van der Waals surface area contributed by atoms with Gasteiger partial charge < -0.3 is 19.7 Å². The van der Waals surface area contributed by atoms with Crippen molar-refractivity contribution in [1.82, 2.24) is 4.90 Å². The summed E-state index contributed by atoms with van der Waals surface area (Å²) in [5.41, 5.74) is 0.688. The lowest BCUT2D eigenvalue weighted by Gasteiger charge is -2.20. The molecule has 0 spiro atoms. The fraction of sp³-hybridized carbons (Fsp3) is 0.267. The van der Waals surface area contributed by atoms with Gasteiger partial charge in [-0.2, -0.15) is 0 Å². The second kappa shape index (κ2) is 6.58. The molecule has 0 bridgehead atoms. The number of nitrogens with one attached hydrogen (secondary N) is 1. The van der Waals surface area contributed by atoms with E-state index in [0.717, 1.165) is 8.66 Å². The molecule has 0 radical (unpaired) electrons. The molecule has 22 heavy (non-hydrogen) atoms. The minimum Gasteiger partial charge on any atom is -0.486 e. The molecule has 5 nitrogen and oxygen atoms in total. The van der Waals surface area contributed by atoms with Crippen LogP contribution >= 0.6 is 27.3 Å². The van der Waals surface area contributed by atoms with E-state index in [1.165, 1.54) is 0 Å². The van der Waals surface area contributed by atoms with Gasteiger partial charge in [0.2, 0.25) is 0 Å². The van der Waals surface area contributed by atoms with Gasteiger partial charge in [0, 0.05) is 23.7 Å². The molecule has 1 aromatic heterocycles. The van der Waals surface area contributed by atoms with Gasteiger partial charge in [0.05, 0.1) is 10.3 Å². The van der Waals surface area contributed by atoms with Gasteiger partial charge in [0.1, 0.15) is 13.2 Å². The number of carbonyl (C=O) groups is 1. The van der Waals surface area contributed by atoms with Crippen LogP contribution < -0.4 is 14.8 Å². The van der Waals surface area contributed by atoms with Crippen molar-refractivity contribution in [2.75, 3.05) is 25.6 Å². The van der Waals surface area contributed by atoms with E-state index in [9.17, 15) is 4.79 Å². The van der Waals surface area contributed by atoms with E-state index < -0.39 is 0 Å². The van der Waals surface area contributed by atoms with Crippen LogP contribution in [0.1, 0.15) is 4.88 Å². The van der Waals surface area contributed by atoms with Gasteiger partial charge in [0.25, 0.3) is 0 Å². The minimum absolute atomic E-state index is 0.166. The second-order valence-corrected chi connectivity index (χ2v) is 7.40. The molecule has 0 atom stereocenters. The lowest BCUT2D eigenvalue weighted by atomic mass is 10.2. The number of fused-ring (bicyclic) bond motifs is 1. The first-order chi connectivity index (χ1) is 10.6. The van der Waals surface area contributed by atoms with E-state index >= 15 is 0 Å². The normalized spacial score (nSPS) is 12.8. The zero-order valence-electron chi connectivity index (χ0n) is 12.0. The average molecular weight is 383 g/mol. The van der Waals surface area contributed by atoms with Crippen molar-refractivity contribution in [1.29, 1.82) is 0 Å². The molecule has 2 aromatic rings. The zero-order valence-corrected chi connectivity index (χ0v) is 14.4. The quantitative estimate of drug-likeness (QED) is 0.874. The summed E-state index contributed by atoms with van der Waals surface area (Å²) >= 11 is 5.04. The molecule has 1 aliphatic heterocycles. The van der Waals surface area contributed by atoms with Crippen LogP contribution in [0, 0.1) is 0 Å². The highest BCUT2D eigenvalue weighted by Gasteiger charge is 2.14. The highest BCUT2D eigenvalue weighted by atomic mass is 79.9. The van der Waals surface area contributed by atoms with Crippen LogP contribution in [0.25, 0.3) is 0 Å². The number of benzene rings is 1. The number of halogens is 1. The molecule has 2 heterocycles. The SMILES string of the molecule is CN(Cc1ccc(Br)s1)C(=O)Nc1ccc2c(c1)OCCO2. The van der Waals surface area contributed by atoms with Gasteiger partial charge in [-0.05, 0) is 40.2 Å². The van der Waals surface area contributed by atoms with Crippen LogP contribution in [0.5, 0.6) is 11.5 Å². The Morgan fingerprint density at radius 1 is 1.27 bits per heavy atom. The van der Waals surface area contributed by atoms with E-state index in [1.54, 1.807) is 41.5 Å². The summed E-state index contributed by atoms with van der Waals surface area (Å²) in [6, 6.07) is 9.21. The smallest absolute Gasteiger partial charge is 0.321 e. The molecular formula is C15H15BrN2O3S. The summed E-state index contributed by atoms with van der Waals surface area (Å²) < 4.78 is 12.0. The average Bonchev–Trinajstić information content (AvgIpc) is 2.92. The first-order valence-electron chi connectivity index (χ1n) is 6.78. The number of anilines is 1. The summed E-state index contributed by atoms with van der Waals surface area (Å²) in [4.78, 5) is 15.0. The number of carbonyl (C=O) groups excluding carboxylic acids is 1. The number of ether oxygens (including phenoxy) is 2. The largest absolute Gasteiger partial charge is 0.486 e. The molecule has 0 saturated heterocycles. The molecule has 1 aromatic carbocycles. The number of nitrogens with zero attached hydrogens (tertiary/aromatic N) is 1. The molecule has 1 N–H and O–H groups in total. The van der Waals surface area contributed by atoms with Crippen LogP contribution in [0.15, 0.2) is 34.1 Å². The zero-order chi connectivity index (χ0) is 15.5. The number of hydrogen-bond donors (Lipinski definition) is 1. The predicted molar refractivity (Wildman–Crippen MR) is 89.9 cm³/mol. The summed E-state index contributed by atoms with van der Waals surface area (Å²) in [6.45, 7) is 1.64. The first-order valence-corrected chi connectivity index (χ1v) is 8.39. The fourth-order valence-electron chi connectivity index (χ4n) is 2.08. The first kappa shape index (κ1) is 15.2. The van der Waals surface area contributed by atoms with E-state index in [0.29, 0.717) is 36.9 Å². The van der Waals surface area contributed by atoms with Crippen LogP contribution in [-0.2, 0) is 6.54 Å². The Hall–Kier alpha value is -1.73. The van der Waals surface area contributed by atoms with Gasteiger partial charge in [-0.15, -0.1) is 11.3 Å². The van der Waals surface area contributed by atoms with Crippen molar-refractivity contribution < 1.29 is 14.3 Å². The molecule has 116 valence electrons. The third kappa shape index (κ3) is 3.53. The summed E-state index contributed by atoms with van der Waals surface area (Å²) in [7, 11) is 1.76. The molecule has 2 amide bonds. The topological polar surface area (TPSA) is 50.8 Å². The monoisotopic (exact) mass is 382 g/mol. The Morgan fingerprint density at radius 2 is 2.05 bits per heavy atom. The van der Waals surface area contributed by atoms with Gasteiger partial charge in [-0.25, -0.2) is 4.79 Å². The van der Waals surface area contributed by atoms with Crippen molar-refractivity contribution in [2.45, 2.75) is 6.54 Å². The summed E-state index contributed by atoms with van der Waals surface area (Å²) in [5, 5.41) is 2.86. The minimum atomic E-state index is -0.166. The van der Waals surface area contributed by atoms with Crippen LogP contribution in [-0.4, -0.2) is 31.2 Å². The Bertz CT molecular complexity index is 689. The molecule has 3 rings (SSSR count). The van der Waals surface area contributed by atoms with Gasteiger partial charge >= 0.3 is 6.03 Å². The third-order valence-electron chi connectivity index (χ3n) is 3.16. The van der Waals surface area contributed by atoms with Crippen molar-refractivity contribution in [3.63, 3.8) is 0 Å². The van der Waals surface area contributed by atoms with Crippen molar-refractivity contribution in [3.8, 4) is 11.5 Å². The van der Waals surface area contributed by atoms with Crippen LogP contribution in [0.3, 0.4) is 0 Å². The van der Waals surface area contributed by atoms with Crippen molar-refractivity contribution in [3.05, 3.63) is 39.0 Å². The number of hydrogen-bond acceptors (Lipinski definition) is 4. The lowest BCUT2D eigenvalue weighted by Crippen LogP contribution is -2.30. The number of amides is 2. The fourth-order valence-corrected chi connectivity index (χ4v) is 3.62. The van der Waals surface area contributed by atoms with E-state index in [1.807, 2.05) is 12.1 Å². The van der Waals surface area contributed by atoms with Gasteiger partial charge in [-0.1, -0.05) is 0 Å². The van der Waals surface area contributed by atoms with Crippen LogP contribution in [0.4, 0.5) is 10.5 Å². The molecule has 1 aliphatic rings. The lowest BCUT2D eigenvalue weighted by molar-refractivity contribution is 0.171. The van der Waals surface area contributed by atoms with Gasteiger partial charge in [-0.3, -0.25) is 0 Å². The standard InChI is InChI=1S/C15H15BrN2O3S/c1-18(9-11-3-5-14(16)22-11)15(19)17-10-2-4-12-13(8-10)21-7-6-20-12/h2-5,8H,6-7,9H2,1H3,(H,17,19). The molecule has 7 heteroatoms. The molecule has 0 aliphatic carbocycles. The Labute approximate surface area is 141 Å². The molecule has 0 fully saturated rings. The maximum absolute atomic E-state index is 12.2. The molecule has 0 saturated carbocycles. The highest BCUT2D eigenvalue weighted by Crippen LogP contribution is 2.32. The van der Waals surface area contributed by atoms with Crippen molar-refractivity contribution >= 4 is 39.0 Å². The Morgan fingerprint density at radius 3 is 2.77 bits per heavy atom. The third-order valence-corrected chi connectivity index (χ3v) is 4.77. The van der Waals surface area contributed by atoms with E-state index in [2.05, 4.69) is 21.2 Å².